The van der Waals surface area contributed by atoms with Crippen LogP contribution >= 0.6 is 0 Å². The number of nitro groups is 1. The Hall–Kier alpha value is -4.53. The number of H-pyrrole nitrogens is 1. The van der Waals surface area contributed by atoms with Gasteiger partial charge in [-0.1, -0.05) is 48.5 Å². The Morgan fingerprint density at radius 1 is 1.09 bits per heavy atom. The van der Waals surface area contributed by atoms with Crippen LogP contribution in [0.15, 0.2) is 72.9 Å². The number of anilines is 1. The number of nitrogens with zero attached hydrogens (tertiary/aromatic N) is 3. The van der Waals surface area contributed by atoms with Crippen LogP contribution < -0.4 is 9.64 Å². The molecule has 158 valence electrons. The van der Waals surface area contributed by atoms with Gasteiger partial charge in [-0.2, -0.15) is 0 Å². The summed E-state index contributed by atoms with van der Waals surface area (Å²) < 4.78 is 5.84. The number of aromatic amines is 1. The first-order valence-corrected chi connectivity index (χ1v) is 9.80. The van der Waals surface area contributed by atoms with Crippen molar-refractivity contribution in [3.05, 3.63) is 94.2 Å². The molecule has 1 N–H and O–H groups in total. The van der Waals surface area contributed by atoms with E-state index in [0.717, 1.165) is 15.8 Å². The summed E-state index contributed by atoms with van der Waals surface area (Å²) in [5, 5.41) is 12.0. The molecule has 0 fully saturated rings. The van der Waals surface area contributed by atoms with Crippen LogP contribution in [0.2, 0.25) is 0 Å². The Bertz CT molecular complexity index is 1370. The molecule has 32 heavy (non-hydrogen) atoms. The van der Waals surface area contributed by atoms with Crippen LogP contribution in [0.25, 0.3) is 10.9 Å². The molecule has 1 atom stereocenters. The molecule has 3 heterocycles. The maximum atomic E-state index is 13.4. The summed E-state index contributed by atoms with van der Waals surface area (Å²) in [6.07, 6.45) is 0.594. The number of fused-ring (bicyclic) bond motifs is 2. The first-order valence-electron chi connectivity index (χ1n) is 9.80. The SMILES string of the molecule is O=C(CN1C(=O)C(c2ccccc2)Oc2ccc([N+](=O)[O-])nc21)c1c[nH]c2ccccc12. The third-order valence-corrected chi connectivity index (χ3v) is 5.30. The number of ether oxygens (including phenoxy) is 1. The van der Waals surface area contributed by atoms with Crippen molar-refractivity contribution in [2.24, 2.45) is 0 Å². The van der Waals surface area contributed by atoms with Crippen molar-refractivity contribution >= 4 is 34.2 Å². The van der Waals surface area contributed by atoms with Crippen LogP contribution in [0, 0.1) is 10.1 Å². The number of aromatic nitrogens is 2. The first kappa shape index (κ1) is 19.4. The zero-order valence-electron chi connectivity index (χ0n) is 16.6. The topological polar surface area (TPSA) is 118 Å². The number of benzene rings is 2. The lowest BCUT2D eigenvalue weighted by molar-refractivity contribution is -0.389. The maximum Gasteiger partial charge on any atom is 0.366 e. The van der Waals surface area contributed by atoms with Crippen LogP contribution in [0.5, 0.6) is 5.75 Å². The quantitative estimate of drug-likeness (QED) is 0.293. The Balaban J connectivity index is 1.56. The average molecular weight is 428 g/mol. The minimum atomic E-state index is -0.997. The molecule has 0 aliphatic carbocycles. The molecule has 0 spiro atoms. The van der Waals surface area contributed by atoms with E-state index in [1.54, 1.807) is 30.5 Å². The van der Waals surface area contributed by atoms with Gasteiger partial charge in [-0.3, -0.25) is 14.5 Å². The highest BCUT2D eigenvalue weighted by molar-refractivity contribution is 6.13. The predicted molar refractivity (Wildman–Crippen MR) is 116 cm³/mol. The minimum Gasteiger partial charge on any atom is -0.469 e. The molecule has 1 aliphatic rings. The second-order valence-electron chi connectivity index (χ2n) is 7.25. The molecule has 2 aromatic carbocycles. The molecule has 0 saturated heterocycles. The number of ketones is 1. The molecule has 0 bridgehead atoms. The standard InChI is InChI=1S/C23H16N4O5/c28-18(16-12-24-17-9-5-4-8-15(16)17)13-26-22-19(10-11-20(25-22)27(30)31)32-21(23(26)29)14-6-2-1-3-7-14/h1-12,21,24H,13H2. The van der Waals surface area contributed by atoms with Crippen LogP contribution in [0.4, 0.5) is 11.6 Å². The zero-order valence-corrected chi connectivity index (χ0v) is 16.6. The summed E-state index contributed by atoms with van der Waals surface area (Å²) >= 11 is 0. The maximum absolute atomic E-state index is 13.4. The van der Waals surface area contributed by atoms with E-state index in [4.69, 9.17) is 4.74 Å². The van der Waals surface area contributed by atoms with Crippen molar-refractivity contribution in [2.45, 2.75) is 6.10 Å². The smallest absolute Gasteiger partial charge is 0.366 e. The molecular weight excluding hydrogens is 412 g/mol. The third-order valence-electron chi connectivity index (χ3n) is 5.30. The van der Waals surface area contributed by atoms with Crippen molar-refractivity contribution in [2.75, 3.05) is 11.4 Å². The van der Waals surface area contributed by atoms with Gasteiger partial charge in [-0.25, -0.2) is 0 Å². The predicted octanol–water partition coefficient (Wildman–Crippen LogP) is 3.82. The Morgan fingerprint density at radius 3 is 2.62 bits per heavy atom. The number of hydrogen-bond donors (Lipinski definition) is 1. The number of hydrogen-bond acceptors (Lipinski definition) is 6. The van der Waals surface area contributed by atoms with Gasteiger partial charge in [0.15, 0.2) is 11.5 Å². The highest BCUT2D eigenvalue weighted by atomic mass is 16.6. The number of para-hydroxylation sites is 1. The summed E-state index contributed by atoms with van der Waals surface area (Å²) in [6.45, 7) is -0.339. The molecular formula is C23H16N4O5. The number of amides is 1. The second-order valence-corrected chi connectivity index (χ2v) is 7.25. The fourth-order valence-corrected chi connectivity index (χ4v) is 3.76. The van der Waals surface area contributed by atoms with E-state index in [9.17, 15) is 19.7 Å². The number of nitrogens with one attached hydrogen (secondary N) is 1. The fraction of sp³-hybridized carbons (Fsp3) is 0.0870. The number of pyridine rings is 1. The van der Waals surface area contributed by atoms with E-state index in [0.29, 0.717) is 11.1 Å². The molecule has 9 heteroatoms. The highest BCUT2D eigenvalue weighted by Crippen LogP contribution is 2.39. The van der Waals surface area contributed by atoms with E-state index < -0.39 is 22.8 Å². The molecule has 1 unspecified atom stereocenters. The summed E-state index contributed by atoms with van der Waals surface area (Å²) in [5.74, 6) is -1.16. The van der Waals surface area contributed by atoms with Crippen molar-refractivity contribution in [1.82, 2.24) is 9.97 Å². The van der Waals surface area contributed by atoms with Crippen molar-refractivity contribution < 1.29 is 19.2 Å². The number of Topliss-reactive ketones (excluding diaryl/α,β-unsaturated/α-hetero) is 1. The first-order chi connectivity index (χ1) is 15.5. The van der Waals surface area contributed by atoms with Gasteiger partial charge in [-0.05, 0) is 22.0 Å². The van der Waals surface area contributed by atoms with Crippen LogP contribution in [-0.4, -0.2) is 33.1 Å². The zero-order chi connectivity index (χ0) is 22.2. The van der Waals surface area contributed by atoms with Gasteiger partial charge >= 0.3 is 5.82 Å². The van der Waals surface area contributed by atoms with Gasteiger partial charge in [0.1, 0.15) is 0 Å². The van der Waals surface area contributed by atoms with Gasteiger partial charge in [0.05, 0.1) is 6.54 Å². The van der Waals surface area contributed by atoms with E-state index in [1.807, 2.05) is 30.3 Å². The number of rotatable bonds is 5. The average Bonchev–Trinajstić information content (AvgIpc) is 3.25. The lowest BCUT2D eigenvalue weighted by Gasteiger charge is -2.30. The lowest BCUT2D eigenvalue weighted by atomic mass is 10.0. The summed E-state index contributed by atoms with van der Waals surface area (Å²) in [7, 11) is 0. The normalized spacial score (nSPS) is 15.3. The van der Waals surface area contributed by atoms with E-state index in [-0.39, 0.29) is 23.9 Å². The third kappa shape index (κ3) is 3.25. The van der Waals surface area contributed by atoms with E-state index >= 15 is 0 Å². The second kappa shape index (κ2) is 7.62. The highest BCUT2D eigenvalue weighted by Gasteiger charge is 2.41. The van der Waals surface area contributed by atoms with E-state index in [1.165, 1.54) is 12.1 Å². The molecule has 1 aliphatic heterocycles. The fourth-order valence-electron chi connectivity index (χ4n) is 3.76. The lowest BCUT2D eigenvalue weighted by Crippen LogP contribution is -2.44. The Kier molecular flexibility index (Phi) is 4.63. The van der Waals surface area contributed by atoms with Gasteiger partial charge in [-0.15, -0.1) is 0 Å². The summed E-state index contributed by atoms with van der Waals surface area (Å²) in [4.78, 5) is 45.3. The molecule has 1 amide bonds. The molecule has 0 radical (unpaired) electrons. The molecule has 9 nitrogen and oxygen atoms in total. The van der Waals surface area contributed by atoms with Gasteiger partial charge in [0.2, 0.25) is 6.10 Å². The molecule has 2 aromatic heterocycles. The Morgan fingerprint density at radius 2 is 1.84 bits per heavy atom. The number of carbonyl (C=O) groups is 2. The van der Waals surface area contributed by atoms with Crippen molar-refractivity contribution in [1.29, 1.82) is 0 Å². The molecule has 5 rings (SSSR count). The molecule has 4 aromatic rings. The van der Waals surface area contributed by atoms with Crippen LogP contribution in [0.1, 0.15) is 22.0 Å². The van der Waals surface area contributed by atoms with Gasteiger partial charge < -0.3 is 19.8 Å². The van der Waals surface area contributed by atoms with Crippen LogP contribution in [-0.2, 0) is 4.79 Å². The number of carbonyl (C=O) groups excluding carboxylic acids is 2. The van der Waals surface area contributed by atoms with Crippen LogP contribution in [0.3, 0.4) is 0 Å². The summed E-state index contributed by atoms with van der Waals surface area (Å²) in [5.41, 5.74) is 1.81. The molecule has 0 saturated carbocycles. The minimum absolute atomic E-state index is 0.0513. The van der Waals surface area contributed by atoms with Crippen molar-refractivity contribution in [3.63, 3.8) is 0 Å². The summed E-state index contributed by atoms with van der Waals surface area (Å²) in [6, 6.07) is 18.8. The largest absolute Gasteiger partial charge is 0.469 e. The monoisotopic (exact) mass is 428 g/mol. The van der Waals surface area contributed by atoms with Gasteiger partial charge in [0, 0.05) is 34.3 Å². The van der Waals surface area contributed by atoms with E-state index in [2.05, 4.69) is 9.97 Å². The van der Waals surface area contributed by atoms with Crippen molar-refractivity contribution in [3.8, 4) is 5.75 Å². The Labute approximate surface area is 181 Å². The van der Waals surface area contributed by atoms with Gasteiger partial charge in [0.25, 0.3) is 11.7 Å².